The van der Waals surface area contributed by atoms with Crippen LogP contribution in [-0.2, 0) is 58.6 Å². The summed E-state index contributed by atoms with van der Waals surface area (Å²) < 4.78 is 23.9. The van der Waals surface area contributed by atoms with Gasteiger partial charge >= 0.3 is 5.97 Å². The Labute approximate surface area is 358 Å². The number of esters is 1. The average molecular weight is 864 g/mol. The van der Waals surface area contributed by atoms with Gasteiger partial charge in [0.2, 0.25) is 30.4 Å². The van der Waals surface area contributed by atoms with Gasteiger partial charge in [-0.25, -0.2) is 9.78 Å². The van der Waals surface area contributed by atoms with Crippen LogP contribution in [0, 0.1) is 5.92 Å². The fourth-order valence-electron chi connectivity index (χ4n) is 7.96. The number of nitrogens with zero attached hydrogens (tertiary/aromatic N) is 3. The Kier molecular flexibility index (Phi) is 14.8. The smallest absolute Gasteiger partial charge is 0.343 e. The Morgan fingerprint density at radius 1 is 0.952 bits per heavy atom. The van der Waals surface area contributed by atoms with Gasteiger partial charge < -0.3 is 59.9 Å². The molecule has 5 heterocycles. The van der Waals surface area contributed by atoms with Crippen LogP contribution in [0.15, 0.2) is 23.0 Å². The Hall–Kier alpha value is -5.63. The van der Waals surface area contributed by atoms with Gasteiger partial charge in [0, 0.05) is 29.2 Å². The largest absolute Gasteiger partial charge is 0.458 e. The normalized spacial score (nSPS) is 17.0. The average Bonchev–Trinajstić information content (AvgIpc) is 3.87. The van der Waals surface area contributed by atoms with Gasteiger partial charge in [-0.1, -0.05) is 20.8 Å². The first-order chi connectivity index (χ1) is 29.7. The zero-order chi connectivity index (χ0) is 44.7. The van der Waals surface area contributed by atoms with Crippen LogP contribution < -0.4 is 36.3 Å². The summed E-state index contributed by atoms with van der Waals surface area (Å²) in [6.45, 7) is 5.09. The highest BCUT2D eigenvalue weighted by molar-refractivity contribution is 5.94. The van der Waals surface area contributed by atoms with Crippen molar-refractivity contribution in [3.05, 3.63) is 50.8 Å². The summed E-state index contributed by atoms with van der Waals surface area (Å²) in [5.74, 6) is -2.28. The number of aliphatic hydroxyl groups is 2. The van der Waals surface area contributed by atoms with Crippen LogP contribution in [0.25, 0.3) is 22.3 Å². The maximum absolute atomic E-state index is 13.8. The molecule has 3 atom stereocenters. The van der Waals surface area contributed by atoms with Crippen LogP contribution in [0.3, 0.4) is 0 Å². The van der Waals surface area contributed by atoms with Crippen molar-refractivity contribution in [2.75, 3.05) is 53.9 Å². The fourth-order valence-corrected chi connectivity index (χ4v) is 7.96. The molecule has 2 aromatic heterocycles. The molecule has 0 saturated heterocycles. The Morgan fingerprint density at radius 3 is 2.42 bits per heavy atom. The molecular weight excluding hydrogens is 807 g/mol. The van der Waals surface area contributed by atoms with E-state index in [0.29, 0.717) is 67.1 Å². The van der Waals surface area contributed by atoms with Crippen molar-refractivity contribution in [2.24, 2.45) is 5.92 Å². The predicted molar refractivity (Wildman–Crippen MR) is 224 cm³/mol. The number of ether oxygens (including phenoxy) is 4. The van der Waals surface area contributed by atoms with Crippen molar-refractivity contribution in [3.8, 4) is 22.9 Å². The van der Waals surface area contributed by atoms with Gasteiger partial charge in [0.05, 0.1) is 35.6 Å². The van der Waals surface area contributed by atoms with Crippen molar-refractivity contribution in [3.63, 3.8) is 0 Å². The minimum absolute atomic E-state index is 0.0341. The molecule has 3 aliphatic rings. The molecule has 0 radical (unpaired) electrons. The zero-order valence-corrected chi connectivity index (χ0v) is 35.9. The van der Waals surface area contributed by atoms with Crippen LogP contribution in [0.2, 0.25) is 0 Å². The number of carbonyl (C=O) groups is 5. The molecule has 6 N–H and O–H groups in total. The van der Waals surface area contributed by atoms with E-state index in [1.165, 1.54) is 0 Å². The lowest BCUT2D eigenvalue weighted by molar-refractivity contribution is -0.172. The Morgan fingerprint density at radius 2 is 1.71 bits per heavy atom. The van der Waals surface area contributed by atoms with E-state index in [0.717, 1.165) is 29.5 Å². The Bertz CT molecular complexity index is 2260. The number of carbonyl (C=O) groups excluding carboxylic acids is 5. The summed E-state index contributed by atoms with van der Waals surface area (Å²) in [6, 6.07) is 3.47. The lowest BCUT2D eigenvalue weighted by Crippen LogP contribution is -2.56. The molecule has 0 bridgehead atoms. The summed E-state index contributed by atoms with van der Waals surface area (Å²) >= 11 is 0. The standard InChI is InChI=1S/C43H57N7O12/c1-6-43(58)29-16-32-38-27(19-50(32)41(56)28(29)21-60-42(43)57)25(26-15-33-34(62-23-61-33)17-31(26)46-38)11-8-10-14-59-22-45-35(52)18-44-39(54)30(12-7-9-13-49(4)5)47-40(55)37(24(2)3)48-36(53)20-51/h15-17,24,30,37,51,58H,6-14,18-23H2,1-5H3,(H,44,54)(H,45,52)(H,47,55)(H,48,53)/t30-,37-,43-/m0/s1. The number of hydrogen-bond donors (Lipinski definition) is 6. The van der Waals surface area contributed by atoms with E-state index in [1.54, 1.807) is 37.5 Å². The molecule has 0 unspecified atom stereocenters. The van der Waals surface area contributed by atoms with Crippen molar-refractivity contribution in [1.29, 1.82) is 0 Å². The van der Waals surface area contributed by atoms with Crippen LogP contribution in [0.5, 0.6) is 11.5 Å². The topological polar surface area (TPSA) is 249 Å². The fraction of sp³-hybridized carbons (Fsp3) is 0.558. The van der Waals surface area contributed by atoms with Gasteiger partial charge in [0.1, 0.15) is 32.0 Å². The van der Waals surface area contributed by atoms with Gasteiger partial charge in [-0.2, -0.15) is 0 Å². The molecule has 336 valence electrons. The van der Waals surface area contributed by atoms with Gasteiger partial charge in [-0.15, -0.1) is 0 Å². The molecule has 0 aliphatic carbocycles. The summed E-state index contributed by atoms with van der Waals surface area (Å²) in [7, 11) is 3.87. The number of cyclic esters (lactones) is 1. The molecule has 6 rings (SSSR count). The van der Waals surface area contributed by atoms with E-state index >= 15 is 0 Å². The number of aromatic nitrogens is 2. The van der Waals surface area contributed by atoms with Gasteiger partial charge in [-0.05, 0) is 89.2 Å². The van der Waals surface area contributed by atoms with Crippen LogP contribution in [-0.4, -0.2) is 120 Å². The van der Waals surface area contributed by atoms with Gasteiger partial charge in [-0.3, -0.25) is 24.0 Å². The summed E-state index contributed by atoms with van der Waals surface area (Å²) in [4.78, 5) is 84.3. The number of nitrogens with one attached hydrogen (secondary N) is 4. The number of pyridine rings is 2. The summed E-state index contributed by atoms with van der Waals surface area (Å²) in [5, 5.41) is 31.7. The van der Waals surface area contributed by atoms with Crippen molar-refractivity contribution < 1.29 is 53.1 Å². The second kappa shape index (κ2) is 20.0. The number of aliphatic hydroxyl groups excluding tert-OH is 1. The quantitative estimate of drug-likeness (QED) is 0.0384. The predicted octanol–water partition coefficient (Wildman–Crippen LogP) is 0.687. The third-order valence-corrected chi connectivity index (χ3v) is 11.5. The third kappa shape index (κ3) is 10.0. The molecule has 4 amide bonds. The van der Waals surface area contributed by atoms with Crippen LogP contribution in [0.1, 0.15) is 81.5 Å². The first-order valence-electron chi connectivity index (χ1n) is 21.1. The maximum atomic E-state index is 13.8. The number of fused-ring (bicyclic) bond motifs is 6. The van der Waals surface area contributed by atoms with E-state index in [2.05, 4.69) is 21.3 Å². The molecule has 3 aromatic rings. The molecular formula is C43H57N7O12. The Balaban J connectivity index is 1.04. The van der Waals surface area contributed by atoms with E-state index in [-0.39, 0.29) is 62.2 Å². The highest BCUT2D eigenvalue weighted by Crippen LogP contribution is 2.43. The lowest BCUT2D eigenvalue weighted by Gasteiger charge is -2.31. The first-order valence-corrected chi connectivity index (χ1v) is 21.1. The molecule has 0 saturated carbocycles. The van der Waals surface area contributed by atoms with Crippen molar-refractivity contribution >= 4 is 40.5 Å². The van der Waals surface area contributed by atoms with E-state index in [9.17, 15) is 33.9 Å². The van der Waals surface area contributed by atoms with Gasteiger partial charge in [0.25, 0.3) is 5.56 Å². The number of hydrogen-bond acceptors (Lipinski definition) is 14. The minimum Gasteiger partial charge on any atom is -0.458 e. The summed E-state index contributed by atoms with van der Waals surface area (Å²) in [5.41, 5.74) is 1.73. The molecule has 19 nitrogen and oxygen atoms in total. The van der Waals surface area contributed by atoms with E-state index < -0.39 is 53.9 Å². The molecule has 62 heavy (non-hydrogen) atoms. The van der Waals surface area contributed by atoms with E-state index in [1.807, 2.05) is 25.1 Å². The van der Waals surface area contributed by atoms with E-state index in [4.69, 9.17) is 29.0 Å². The lowest BCUT2D eigenvalue weighted by atomic mass is 9.86. The second-order valence-corrected chi connectivity index (χ2v) is 16.4. The maximum Gasteiger partial charge on any atom is 0.343 e. The van der Waals surface area contributed by atoms with Gasteiger partial charge in [0.15, 0.2) is 17.1 Å². The molecule has 1 aromatic carbocycles. The minimum atomic E-state index is -1.95. The zero-order valence-electron chi connectivity index (χ0n) is 35.9. The molecule has 19 heteroatoms. The second-order valence-electron chi connectivity index (χ2n) is 16.4. The highest BCUT2D eigenvalue weighted by atomic mass is 16.7. The SMILES string of the molecule is CC[C@@]1(O)C(=O)OCc2c1cc1n(c2=O)Cc2c-1nc1cc3c(cc1c2CCCCOCNC(=O)CNC(=O)[C@H](CCCCN(C)C)NC(=O)[C@@H](NC(=O)CO)C(C)C)OCO3. The number of benzene rings is 1. The first kappa shape index (κ1) is 45.9. The highest BCUT2D eigenvalue weighted by Gasteiger charge is 2.45. The third-order valence-electron chi connectivity index (χ3n) is 11.5. The molecule has 3 aliphatic heterocycles. The number of unbranched alkanes of at least 4 members (excludes halogenated alkanes) is 2. The number of amides is 4. The van der Waals surface area contributed by atoms with Crippen molar-refractivity contribution in [2.45, 2.75) is 96.6 Å². The summed E-state index contributed by atoms with van der Waals surface area (Å²) in [6.07, 6.45) is 3.62. The molecule has 0 fully saturated rings. The van der Waals surface area contributed by atoms with Crippen LogP contribution in [0.4, 0.5) is 0 Å². The number of aryl methyl sites for hydroxylation is 1. The monoisotopic (exact) mass is 863 g/mol. The van der Waals surface area contributed by atoms with Crippen LogP contribution >= 0.6 is 0 Å². The number of rotatable bonds is 21. The van der Waals surface area contributed by atoms with Crippen molar-refractivity contribution in [1.82, 2.24) is 35.7 Å². The molecule has 0 spiro atoms.